The third-order valence-corrected chi connectivity index (χ3v) is 9.32. The minimum Gasteiger partial charge on any atom is -0.365 e. The predicted octanol–water partition coefficient (Wildman–Crippen LogP) is 5.56. The maximum Gasteiger partial charge on any atom is 0.251 e. The van der Waals surface area contributed by atoms with Crippen molar-refractivity contribution in [2.24, 2.45) is 11.7 Å². The minimum absolute atomic E-state index is 0.177. The number of carbonyl (C=O) groups is 2. The number of amides is 2. The second kappa shape index (κ2) is 10.6. The van der Waals surface area contributed by atoms with Gasteiger partial charge >= 0.3 is 0 Å². The van der Waals surface area contributed by atoms with Gasteiger partial charge in [-0.15, -0.1) is 32.9 Å². The van der Waals surface area contributed by atoms with Crippen LogP contribution in [0.1, 0.15) is 72.1 Å². The highest BCUT2D eigenvalue weighted by Gasteiger charge is 2.27. The molecule has 0 saturated heterocycles. The molecule has 1 aliphatic carbocycles. The molecule has 0 aromatic carbocycles. The van der Waals surface area contributed by atoms with Crippen molar-refractivity contribution in [3.63, 3.8) is 0 Å². The van der Waals surface area contributed by atoms with Gasteiger partial charge in [-0.25, -0.2) is 0 Å². The molecular weight excluding hydrogens is 486 g/mol. The molecule has 34 heavy (non-hydrogen) atoms. The van der Waals surface area contributed by atoms with E-state index in [0.29, 0.717) is 22.4 Å². The van der Waals surface area contributed by atoms with Gasteiger partial charge in [-0.1, -0.05) is 39.5 Å². The van der Waals surface area contributed by atoms with Gasteiger partial charge in [-0.3, -0.25) is 9.59 Å². The normalized spacial score (nSPS) is 15.5. The number of thiophene rings is 2. The van der Waals surface area contributed by atoms with Crippen molar-refractivity contribution in [3.05, 3.63) is 32.3 Å². The number of carbonyl (C=O) groups excluding carboxylic acids is 2. The molecule has 0 saturated carbocycles. The number of hydrogen-bond donors (Lipinski definition) is 2. The minimum atomic E-state index is -0.473. The van der Waals surface area contributed by atoms with Gasteiger partial charge in [0.05, 0.1) is 11.3 Å². The number of rotatable bonds is 9. The Morgan fingerprint density at radius 2 is 2.15 bits per heavy atom. The van der Waals surface area contributed by atoms with Gasteiger partial charge in [0.1, 0.15) is 5.00 Å². The molecule has 7 nitrogen and oxygen atoms in total. The van der Waals surface area contributed by atoms with E-state index in [1.165, 1.54) is 32.9 Å². The van der Waals surface area contributed by atoms with E-state index in [9.17, 15) is 9.59 Å². The number of nitrogens with two attached hydrogens (primary N) is 1. The first kappa shape index (κ1) is 24.9. The lowest BCUT2D eigenvalue weighted by molar-refractivity contribution is -0.113. The Bertz CT molecular complexity index is 1190. The first-order chi connectivity index (χ1) is 16.3. The summed E-state index contributed by atoms with van der Waals surface area (Å²) in [5, 5.41) is 15.2. The van der Waals surface area contributed by atoms with E-state index < -0.39 is 5.91 Å². The largest absolute Gasteiger partial charge is 0.365 e. The highest BCUT2D eigenvalue weighted by molar-refractivity contribution is 7.99. The molecule has 0 bridgehead atoms. The van der Waals surface area contributed by atoms with E-state index in [1.807, 2.05) is 0 Å². The van der Waals surface area contributed by atoms with Crippen LogP contribution in [0.3, 0.4) is 0 Å². The molecule has 0 fully saturated rings. The summed E-state index contributed by atoms with van der Waals surface area (Å²) in [5.74, 6) is 1.41. The summed E-state index contributed by atoms with van der Waals surface area (Å²) in [6, 6.07) is 2.18. The first-order valence-corrected chi connectivity index (χ1v) is 14.4. The summed E-state index contributed by atoms with van der Waals surface area (Å²) >= 11 is 4.58. The zero-order chi connectivity index (χ0) is 24.4. The van der Waals surface area contributed by atoms with Gasteiger partial charge < -0.3 is 15.6 Å². The van der Waals surface area contributed by atoms with Gasteiger partial charge in [-0.2, -0.15) is 0 Å². The fourth-order valence-corrected chi connectivity index (χ4v) is 7.30. The number of nitrogens with zero attached hydrogens (tertiary/aromatic N) is 3. The van der Waals surface area contributed by atoms with Crippen LogP contribution in [-0.2, 0) is 24.2 Å². The van der Waals surface area contributed by atoms with E-state index in [0.717, 1.165) is 54.3 Å². The smallest absolute Gasteiger partial charge is 0.251 e. The Morgan fingerprint density at radius 1 is 1.35 bits per heavy atom. The van der Waals surface area contributed by atoms with Gasteiger partial charge in [0, 0.05) is 27.2 Å². The van der Waals surface area contributed by atoms with Crippen molar-refractivity contribution in [2.45, 2.75) is 71.0 Å². The van der Waals surface area contributed by atoms with E-state index >= 15 is 0 Å². The van der Waals surface area contributed by atoms with Crippen molar-refractivity contribution in [1.82, 2.24) is 14.8 Å². The summed E-state index contributed by atoms with van der Waals surface area (Å²) in [7, 11) is 0. The van der Waals surface area contributed by atoms with Gasteiger partial charge in [-0.05, 0) is 49.1 Å². The van der Waals surface area contributed by atoms with Crippen LogP contribution < -0.4 is 11.1 Å². The van der Waals surface area contributed by atoms with Gasteiger partial charge in [0.2, 0.25) is 5.91 Å². The molecule has 3 aromatic rings. The molecule has 1 atom stereocenters. The van der Waals surface area contributed by atoms with Crippen molar-refractivity contribution >= 4 is 51.3 Å². The lowest BCUT2D eigenvalue weighted by Crippen LogP contribution is -2.20. The van der Waals surface area contributed by atoms with Crippen LogP contribution in [0.4, 0.5) is 5.00 Å². The van der Waals surface area contributed by atoms with Gasteiger partial charge in [0.15, 0.2) is 11.0 Å². The number of hydrogen-bond acceptors (Lipinski definition) is 7. The first-order valence-electron chi connectivity index (χ1n) is 11.7. The lowest BCUT2D eigenvalue weighted by Gasteiger charge is -2.18. The molecule has 10 heteroatoms. The maximum absolute atomic E-state index is 12.8. The Balaban J connectivity index is 1.48. The third kappa shape index (κ3) is 5.23. The highest BCUT2D eigenvalue weighted by atomic mass is 32.2. The Hall–Kier alpha value is -2.17. The maximum atomic E-state index is 12.8. The molecule has 1 aliphatic rings. The molecule has 3 N–H and O–H groups in total. The molecule has 0 aliphatic heterocycles. The van der Waals surface area contributed by atoms with Crippen LogP contribution in [0, 0.1) is 5.92 Å². The van der Waals surface area contributed by atoms with Crippen LogP contribution in [0.15, 0.2) is 16.6 Å². The quantitative estimate of drug-likeness (QED) is 0.362. The molecule has 3 heterocycles. The number of nitrogens with one attached hydrogen (secondary N) is 1. The standard InChI is InChI=1S/C24H31N5O2S3/c1-5-8-29-22(15-10-17(13(2)3)32-11-15)27-28-24(29)33-12-19(30)26-23-20(21(25)31)16-7-6-14(4)9-18(16)34-23/h10-11,13-14H,5-9,12H2,1-4H3,(H2,25,31)(H,26,30). The number of primary amides is 1. The molecule has 0 spiro atoms. The molecule has 1 unspecified atom stereocenters. The summed E-state index contributed by atoms with van der Waals surface area (Å²) in [4.78, 5) is 27.5. The van der Waals surface area contributed by atoms with Crippen molar-refractivity contribution < 1.29 is 9.59 Å². The fraction of sp³-hybridized carbons (Fsp3) is 0.500. The number of fused-ring (bicyclic) bond motifs is 1. The summed E-state index contributed by atoms with van der Waals surface area (Å²) in [6.45, 7) is 9.46. The third-order valence-electron chi connectivity index (χ3n) is 5.95. The zero-order valence-corrected chi connectivity index (χ0v) is 22.5. The molecule has 0 radical (unpaired) electrons. The summed E-state index contributed by atoms with van der Waals surface area (Å²) < 4.78 is 2.09. The van der Waals surface area contributed by atoms with Gasteiger partial charge in [0.25, 0.3) is 5.91 Å². The van der Waals surface area contributed by atoms with Crippen LogP contribution in [-0.4, -0.2) is 32.3 Å². The Kier molecular flexibility index (Phi) is 7.79. The Morgan fingerprint density at radius 3 is 2.82 bits per heavy atom. The second-order valence-corrected chi connectivity index (χ2v) is 12.1. The van der Waals surface area contributed by atoms with Crippen molar-refractivity contribution in [1.29, 1.82) is 0 Å². The predicted molar refractivity (Wildman–Crippen MR) is 141 cm³/mol. The lowest BCUT2D eigenvalue weighted by atomic mass is 9.88. The average molecular weight is 518 g/mol. The highest BCUT2D eigenvalue weighted by Crippen LogP contribution is 2.39. The van der Waals surface area contributed by atoms with Crippen LogP contribution in [0.5, 0.6) is 0 Å². The molecular formula is C24H31N5O2S3. The van der Waals surface area contributed by atoms with Crippen LogP contribution in [0.25, 0.3) is 11.4 Å². The fourth-order valence-electron chi connectivity index (χ4n) is 4.20. The molecule has 2 amide bonds. The number of aromatic nitrogens is 3. The molecule has 182 valence electrons. The Labute approximate surface area is 212 Å². The summed E-state index contributed by atoms with van der Waals surface area (Å²) in [5.41, 5.74) is 8.25. The molecule has 3 aromatic heterocycles. The number of anilines is 1. The number of thioether (sulfide) groups is 1. The average Bonchev–Trinajstić information content (AvgIpc) is 3.49. The van der Waals surface area contributed by atoms with Crippen molar-refractivity contribution in [2.75, 3.05) is 11.1 Å². The SMILES string of the molecule is CCCn1c(SCC(=O)Nc2sc3c(c2C(N)=O)CCC(C)C3)nnc1-c1csc(C(C)C)c1. The van der Waals surface area contributed by atoms with E-state index in [4.69, 9.17) is 5.73 Å². The topological polar surface area (TPSA) is 103 Å². The van der Waals surface area contributed by atoms with Crippen LogP contribution in [0.2, 0.25) is 0 Å². The zero-order valence-electron chi connectivity index (χ0n) is 20.0. The summed E-state index contributed by atoms with van der Waals surface area (Å²) in [6.07, 6.45) is 3.73. The van der Waals surface area contributed by atoms with Crippen LogP contribution >= 0.6 is 34.4 Å². The van der Waals surface area contributed by atoms with Crippen molar-refractivity contribution in [3.8, 4) is 11.4 Å². The van der Waals surface area contributed by atoms with E-state index in [-0.39, 0.29) is 11.7 Å². The van der Waals surface area contributed by atoms with E-state index in [2.05, 4.69) is 59.2 Å². The molecule has 4 rings (SSSR count). The second-order valence-electron chi connectivity index (χ2n) is 9.11. The van der Waals surface area contributed by atoms with E-state index in [1.54, 1.807) is 11.3 Å². The monoisotopic (exact) mass is 517 g/mol.